The molecule has 0 aliphatic carbocycles. The maximum absolute atomic E-state index is 10.5. The van der Waals surface area contributed by atoms with Gasteiger partial charge in [-0.2, -0.15) is 0 Å². The van der Waals surface area contributed by atoms with Gasteiger partial charge < -0.3 is 30.4 Å². The van der Waals surface area contributed by atoms with E-state index in [-0.39, 0.29) is 11.5 Å². The Balaban J connectivity index is 1.87. The lowest BCUT2D eigenvalue weighted by Gasteiger charge is -2.11. The van der Waals surface area contributed by atoms with Crippen molar-refractivity contribution in [3.63, 3.8) is 0 Å². The molecule has 0 amide bonds. The van der Waals surface area contributed by atoms with Crippen molar-refractivity contribution in [2.45, 2.75) is 12.8 Å². The third kappa shape index (κ3) is 3.45. The summed E-state index contributed by atoms with van der Waals surface area (Å²) in [6.45, 7) is 1.75. The molecular formula is C23H28N4O2. The number of aromatic amines is 2. The molecule has 0 aliphatic rings. The summed E-state index contributed by atoms with van der Waals surface area (Å²) in [6, 6.07) is 7.38. The maximum Gasteiger partial charge on any atom is 0.125 e. The average molecular weight is 393 g/mol. The molecule has 2 heterocycles. The summed E-state index contributed by atoms with van der Waals surface area (Å²) in [5, 5.41) is 25.9. The van der Waals surface area contributed by atoms with E-state index in [1.165, 1.54) is 0 Å². The largest absolute Gasteiger partial charge is 0.507 e. The van der Waals surface area contributed by atoms with Crippen molar-refractivity contribution in [1.29, 1.82) is 0 Å². The summed E-state index contributed by atoms with van der Waals surface area (Å²) in [5.41, 5.74) is 6.01. The smallest absolute Gasteiger partial charge is 0.125 e. The fraction of sp³-hybridized carbons (Fsp3) is 0.304. The molecular weight excluding hydrogens is 364 g/mol. The number of nitrogens with one attached hydrogen (secondary N) is 3. The molecule has 0 spiro atoms. The number of phenols is 2. The quantitative estimate of drug-likeness (QED) is 0.333. The van der Waals surface area contributed by atoms with Crippen LogP contribution in [0, 0.1) is 0 Å². The molecule has 4 rings (SSSR count). The van der Waals surface area contributed by atoms with E-state index < -0.39 is 0 Å². The first-order valence-corrected chi connectivity index (χ1v) is 9.94. The first-order chi connectivity index (χ1) is 14.0. The summed E-state index contributed by atoms with van der Waals surface area (Å²) < 4.78 is 0. The van der Waals surface area contributed by atoms with Crippen molar-refractivity contribution in [3.8, 4) is 22.6 Å². The molecule has 0 aliphatic heterocycles. The molecule has 0 saturated heterocycles. The summed E-state index contributed by atoms with van der Waals surface area (Å²) in [6.07, 6.45) is 5.64. The highest BCUT2D eigenvalue weighted by Crippen LogP contribution is 2.41. The minimum atomic E-state index is 0.282. The van der Waals surface area contributed by atoms with Crippen LogP contribution in [0.15, 0.2) is 36.7 Å². The molecule has 0 radical (unpaired) electrons. The monoisotopic (exact) mass is 392 g/mol. The Hall–Kier alpha value is -2.96. The number of aromatic nitrogens is 2. The van der Waals surface area contributed by atoms with E-state index in [4.69, 9.17) is 0 Å². The van der Waals surface area contributed by atoms with Gasteiger partial charge in [0.15, 0.2) is 0 Å². The molecule has 2 aromatic heterocycles. The van der Waals surface area contributed by atoms with Gasteiger partial charge in [-0.25, -0.2) is 0 Å². The standard InChI is InChI=1S/C23H28N4O2/c1-24-10-8-14-12-25-22-16(4-6-18(28)20(14)22)17-5-7-19(29)21-15(9-11-27(2)3)13-26-23(17)21/h4-7,12-13,24-26,28-29H,8-11H2,1-3H3. The van der Waals surface area contributed by atoms with Crippen LogP contribution in [0.3, 0.4) is 0 Å². The molecule has 6 heteroatoms. The van der Waals surface area contributed by atoms with Gasteiger partial charge in [0.05, 0.1) is 11.0 Å². The van der Waals surface area contributed by atoms with E-state index in [1.807, 2.05) is 45.7 Å². The Morgan fingerprint density at radius 3 is 1.83 bits per heavy atom. The number of aromatic hydroxyl groups is 2. The number of phenolic OH excluding ortho intramolecular Hbond substituents is 2. The predicted octanol–water partition coefficient (Wildman–Crippen LogP) is 3.59. The summed E-state index contributed by atoms with van der Waals surface area (Å²) in [5.74, 6) is 0.569. The number of hydrogen-bond acceptors (Lipinski definition) is 4. The molecule has 2 aromatic carbocycles. The zero-order valence-electron chi connectivity index (χ0n) is 17.1. The number of benzene rings is 2. The minimum absolute atomic E-state index is 0.282. The highest BCUT2D eigenvalue weighted by Gasteiger charge is 2.18. The van der Waals surface area contributed by atoms with Gasteiger partial charge in [-0.1, -0.05) is 0 Å². The second-order valence-corrected chi connectivity index (χ2v) is 7.80. The fourth-order valence-electron chi connectivity index (χ4n) is 4.04. The number of fused-ring (bicyclic) bond motifs is 2. The first-order valence-electron chi connectivity index (χ1n) is 9.94. The molecule has 0 atom stereocenters. The molecule has 5 N–H and O–H groups in total. The van der Waals surface area contributed by atoms with Gasteiger partial charge in [0.25, 0.3) is 0 Å². The van der Waals surface area contributed by atoms with Gasteiger partial charge in [-0.3, -0.25) is 0 Å². The predicted molar refractivity (Wildman–Crippen MR) is 119 cm³/mol. The van der Waals surface area contributed by atoms with Gasteiger partial charge in [-0.15, -0.1) is 0 Å². The van der Waals surface area contributed by atoms with E-state index in [2.05, 4.69) is 20.2 Å². The lowest BCUT2D eigenvalue weighted by molar-refractivity contribution is 0.414. The Bertz CT molecular complexity index is 1160. The van der Waals surface area contributed by atoms with Gasteiger partial charge in [0.1, 0.15) is 11.5 Å². The SMILES string of the molecule is CNCCc1c[nH]c2c(-c3ccc(O)c4c(CCN(C)C)c[nH]c34)ccc(O)c12. The van der Waals surface area contributed by atoms with Crippen molar-refractivity contribution < 1.29 is 10.2 Å². The fourth-order valence-corrected chi connectivity index (χ4v) is 4.04. The molecule has 6 nitrogen and oxygen atoms in total. The average Bonchev–Trinajstić information content (AvgIpc) is 3.31. The van der Waals surface area contributed by atoms with E-state index in [1.54, 1.807) is 12.1 Å². The molecule has 29 heavy (non-hydrogen) atoms. The Kier molecular flexibility index (Phi) is 5.22. The van der Waals surface area contributed by atoms with Crippen molar-refractivity contribution in [2.75, 3.05) is 34.2 Å². The second-order valence-electron chi connectivity index (χ2n) is 7.80. The van der Waals surface area contributed by atoms with Crippen LogP contribution in [0.4, 0.5) is 0 Å². The van der Waals surface area contributed by atoms with Gasteiger partial charge in [0.2, 0.25) is 0 Å². The van der Waals surface area contributed by atoms with Crippen LogP contribution in [0.2, 0.25) is 0 Å². The molecule has 0 fully saturated rings. The first kappa shape index (κ1) is 19.4. The lowest BCUT2D eigenvalue weighted by atomic mass is 9.97. The van der Waals surface area contributed by atoms with Crippen LogP contribution in [0.5, 0.6) is 11.5 Å². The van der Waals surface area contributed by atoms with E-state index in [0.29, 0.717) is 0 Å². The Morgan fingerprint density at radius 2 is 1.34 bits per heavy atom. The number of H-pyrrole nitrogens is 2. The van der Waals surface area contributed by atoms with Crippen molar-refractivity contribution in [2.24, 2.45) is 0 Å². The van der Waals surface area contributed by atoms with Gasteiger partial charge in [-0.05, 0) is 75.9 Å². The highest BCUT2D eigenvalue weighted by molar-refractivity contribution is 6.07. The third-order valence-corrected chi connectivity index (χ3v) is 5.55. The van der Waals surface area contributed by atoms with Crippen LogP contribution in [0.25, 0.3) is 32.9 Å². The molecule has 0 unspecified atom stereocenters. The zero-order valence-corrected chi connectivity index (χ0v) is 17.1. The number of nitrogens with zero attached hydrogens (tertiary/aromatic N) is 1. The summed E-state index contributed by atoms with van der Waals surface area (Å²) in [4.78, 5) is 8.87. The number of likely N-dealkylation sites (N-methyl/N-ethyl adjacent to an activating group) is 2. The Labute approximate surface area is 170 Å². The summed E-state index contributed by atoms with van der Waals surface area (Å²) >= 11 is 0. The second kappa shape index (κ2) is 7.81. The van der Waals surface area contributed by atoms with Crippen molar-refractivity contribution in [3.05, 3.63) is 47.8 Å². The van der Waals surface area contributed by atoms with Crippen LogP contribution >= 0.6 is 0 Å². The molecule has 152 valence electrons. The van der Waals surface area contributed by atoms with Gasteiger partial charge in [0, 0.05) is 40.8 Å². The molecule has 0 bridgehead atoms. The van der Waals surface area contributed by atoms with Crippen LogP contribution in [0.1, 0.15) is 11.1 Å². The highest BCUT2D eigenvalue weighted by atomic mass is 16.3. The lowest BCUT2D eigenvalue weighted by Crippen LogP contribution is -2.14. The van der Waals surface area contributed by atoms with E-state index >= 15 is 0 Å². The minimum Gasteiger partial charge on any atom is -0.507 e. The maximum atomic E-state index is 10.5. The zero-order chi connectivity index (χ0) is 20.5. The van der Waals surface area contributed by atoms with Crippen LogP contribution in [-0.4, -0.2) is 59.3 Å². The Morgan fingerprint density at radius 1 is 0.828 bits per heavy atom. The van der Waals surface area contributed by atoms with E-state index in [9.17, 15) is 10.2 Å². The molecule has 0 saturated carbocycles. The van der Waals surface area contributed by atoms with Crippen molar-refractivity contribution in [1.82, 2.24) is 20.2 Å². The summed E-state index contributed by atoms with van der Waals surface area (Å²) in [7, 11) is 6.01. The third-order valence-electron chi connectivity index (χ3n) is 5.55. The van der Waals surface area contributed by atoms with Gasteiger partial charge >= 0.3 is 0 Å². The topological polar surface area (TPSA) is 87.3 Å². The van der Waals surface area contributed by atoms with Crippen LogP contribution < -0.4 is 5.32 Å². The van der Waals surface area contributed by atoms with Crippen LogP contribution in [-0.2, 0) is 12.8 Å². The normalized spacial score (nSPS) is 11.9. The number of rotatable bonds is 7. The van der Waals surface area contributed by atoms with Crippen molar-refractivity contribution >= 4 is 21.8 Å². The van der Waals surface area contributed by atoms with E-state index in [0.717, 1.165) is 70.0 Å². The molecule has 4 aromatic rings. The number of hydrogen-bond donors (Lipinski definition) is 5.